The van der Waals surface area contributed by atoms with E-state index in [1.165, 1.54) is 20.3 Å². The molecular weight excluding hydrogens is 408 g/mol. The molecule has 3 rings (SSSR count). The number of nitrogens with one attached hydrogen (secondary N) is 2. The summed E-state index contributed by atoms with van der Waals surface area (Å²) in [6.07, 6.45) is 3.06. The van der Waals surface area contributed by atoms with Gasteiger partial charge in [-0.05, 0) is 24.3 Å². The summed E-state index contributed by atoms with van der Waals surface area (Å²) in [5.74, 6) is 0.751. The minimum atomic E-state index is -0.364. The van der Waals surface area contributed by atoms with Crippen molar-refractivity contribution in [2.75, 3.05) is 32.0 Å². The van der Waals surface area contributed by atoms with Crippen LogP contribution in [-0.2, 0) is 4.79 Å². The largest absolute Gasteiger partial charge is 0.496 e. The molecule has 0 aromatic heterocycles. The summed E-state index contributed by atoms with van der Waals surface area (Å²) in [6.45, 7) is 0. The lowest BCUT2D eigenvalue weighted by molar-refractivity contribution is -0.111. The minimum absolute atomic E-state index is 0.289. The fourth-order valence-corrected chi connectivity index (χ4v) is 3.02. The summed E-state index contributed by atoms with van der Waals surface area (Å²) in [7, 11) is 4.53. The second-order valence-electron chi connectivity index (χ2n) is 6.64. The van der Waals surface area contributed by atoms with E-state index < -0.39 is 0 Å². The number of para-hydroxylation sites is 1. The van der Waals surface area contributed by atoms with E-state index in [0.717, 1.165) is 5.56 Å². The molecule has 0 saturated heterocycles. The zero-order chi connectivity index (χ0) is 22.9. The van der Waals surface area contributed by atoms with E-state index >= 15 is 0 Å². The smallest absolute Gasteiger partial charge is 0.255 e. The van der Waals surface area contributed by atoms with Crippen LogP contribution in [0, 0.1) is 0 Å². The van der Waals surface area contributed by atoms with Gasteiger partial charge in [-0.15, -0.1) is 0 Å². The number of carbonyl (C=O) groups excluding carboxylic acids is 2. The molecule has 3 aromatic rings. The van der Waals surface area contributed by atoms with Crippen LogP contribution in [0.3, 0.4) is 0 Å². The molecule has 0 unspecified atom stereocenters. The summed E-state index contributed by atoms with van der Waals surface area (Å²) < 4.78 is 16.1. The van der Waals surface area contributed by atoms with Crippen molar-refractivity contribution in [1.82, 2.24) is 0 Å². The number of hydrogen-bond acceptors (Lipinski definition) is 5. The fourth-order valence-electron chi connectivity index (χ4n) is 3.02. The maximum Gasteiger partial charge on any atom is 0.255 e. The molecule has 164 valence electrons. The average molecular weight is 432 g/mol. The first-order valence-corrected chi connectivity index (χ1v) is 9.80. The summed E-state index contributed by atoms with van der Waals surface area (Å²) in [6, 6.07) is 19.4. The van der Waals surface area contributed by atoms with Gasteiger partial charge in [-0.1, -0.05) is 36.4 Å². The van der Waals surface area contributed by atoms with Gasteiger partial charge in [-0.2, -0.15) is 0 Å². The molecule has 3 aromatic carbocycles. The third kappa shape index (κ3) is 5.46. The first-order valence-electron chi connectivity index (χ1n) is 9.80. The van der Waals surface area contributed by atoms with Gasteiger partial charge in [0.25, 0.3) is 5.91 Å². The maximum absolute atomic E-state index is 12.5. The molecule has 2 N–H and O–H groups in total. The van der Waals surface area contributed by atoms with Crippen LogP contribution in [0.1, 0.15) is 15.9 Å². The van der Waals surface area contributed by atoms with Crippen molar-refractivity contribution in [2.24, 2.45) is 0 Å². The fraction of sp³-hybridized carbons (Fsp3) is 0.120. The average Bonchev–Trinajstić information content (AvgIpc) is 2.83. The van der Waals surface area contributed by atoms with E-state index in [0.29, 0.717) is 34.2 Å². The van der Waals surface area contributed by atoms with Crippen LogP contribution in [0.25, 0.3) is 6.08 Å². The Labute approximate surface area is 186 Å². The molecule has 0 fully saturated rings. The number of rotatable bonds is 8. The first kappa shape index (κ1) is 22.4. The third-order valence-electron chi connectivity index (χ3n) is 4.62. The zero-order valence-corrected chi connectivity index (χ0v) is 18.0. The van der Waals surface area contributed by atoms with E-state index in [9.17, 15) is 9.59 Å². The second-order valence-corrected chi connectivity index (χ2v) is 6.64. The van der Waals surface area contributed by atoms with Gasteiger partial charge >= 0.3 is 0 Å². The van der Waals surface area contributed by atoms with E-state index in [1.54, 1.807) is 49.6 Å². The predicted octanol–water partition coefficient (Wildman–Crippen LogP) is 4.62. The number of hydrogen-bond donors (Lipinski definition) is 2. The van der Waals surface area contributed by atoms with Gasteiger partial charge in [0.15, 0.2) is 0 Å². The van der Waals surface area contributed by atoms with Crippen molar-refractivity contribution < 1.29 is 23.8 Å². The van der Waals surface area contributed by atoms with Crippen LogP contribution in [0.2, 0.25) is 0 Å². The summed E-state index contributed by atoms with van der Waals surface area (Å²) in [4.78, 5) is 25.0. The van der Waals surface area contributed by atoms with E-state index in [2.05, 4.69) is 10.6 Å². The van der Waals surface area contributed by atoms with Crippen LogP contribution in [0.15, 0.2) is 72.8 Å². The summed E-state index contributed by atoms with van der Waals surface area (Å²) in [5, 5.41) is 5.58. The minimum Gasteiger partial charge on any atom is -0.496 e. The molecule has 0 spiro atoms. The highest BCUT2D eigenvalue weighted by atomic mass is 16.5. The molecule has 7 nitrogen and oxygen atoms in total. The molecule has 0 aliphatic rings. The summed E-state index contributed by atoms with van der Waals surface area (Å²) >= 11 is 0. The highest BCUT2D eigenvalue weighted by Gasteiger charge is 2.15. The molecule has 32 heavy (non-hydrogen) atoms. The monoisotopic (exact) mass is 432 g/mol. The van der Waals surface area contributed by atoms with Gasteiger partial charge in [-0.3, -0.25) is 9.59 Å². The van der Waals surface area contributed by atoms with Crippen LogP contribution < -0.4 is 24.8 Å². The molecule has 0 radical (unpaired) electrons. The van der Waals surface area contributed by atoms with Gasteiger partial charge < -0.3 is 24.8 Å². The SMILES string of the molecule is COc1ccccc1C=CC(=O)Nc1cc(OC)c(NC(=O)c2ccccc2)cc1OC. The van der Waals surface area contributed by atoms with Crippen molar-refractivity contribution in [3.8, 4) is 17.2 Å². The number of ether oxygens (including phenoxy) is 3. The standard InChI is InChI=1S/C25H24N2O5/c1-30-21-12-8-7-9-17(21)13-14-24(28)26-19-15-23(32-3)20(16-22(19)31-2)27-25(29)18-10-5-4-6-11-18/h4-16H,1-3H3,(H,26,28)(H,27,29). The Balaban J connectivity index is 1.80. The Kier molecular flexibility index (Phi) is 7.48. The highest BCUT2D eigenvalue weighted by molar-refractivity contribution is 6.06. The van der Waals surface area contributed by atoms with Gasteiger partial charge in [0.2, 0.25) is 5.91 Å². The maximum atomic E-state index is 12.5. The number of amides is 2. The molecule has 0 saturated carbocycles. The quantitative estimate of drug-likeness (QED) is 0.508. The molecule has 0 aliphatic heterocycles. The molecule has 0 atom stereocenters. The van der Waals surface area contributed by atoms with E-state index in [-0.39, 0.29) is 11.8 Å². The molecular formula is C25H24N2O5. The molecule has 0 heterocycles. The molecule has 7 heteroatoms. The normalized spacial score (nSPS) is 10.5. The first-order chi connectivity index (χ1) is 15.5. The van der Waals surface area contributed by atoms with Crippen LogP contribution in [0.5, 0.6) is 17.2 Å². The lowest BCUT2D eigenvalue weighted by Crippen LogP contribution is -2.14. The molecule has 2 amide bonds. The van der Waals surface area contributed by atoms with Crippen LogP contribution in [0.4, 0.5) is 11.4 Å². The van der Waals surface area contributed by atoms with Gasteiger partial charge in [0, 0.05) is 29.3 Å². The Morgan fingerprint density at radius 3 is 1.91 bits per heavy atom. The van der Waals surface area contributed by atoms with Crippen LogP contribution in [-0.4, -0.2) is 33.1 Å². The van der Waals surface area contributed by atoms with Gasteiger partial charge in [0.05, 0.1) is 32.7 Å². The van der Waals surface area contributed by atoms with Crippen molar-refractivity contribution >= 4 is 29.3 Å². The Bertz CT molecular complexity index is 1130. The van der Waals surface area contributed by atoms with Crippen molar-refractivity contribution in [1.29, 1.82) is 0 Å². The Hall–Kier alpha value is -4.26. The zero-order valence-electron chi connectivity index (χ0n) is 18.0. The molecule has 0 bridgehead atoms. The third-order valence-corrected chi connectivity index (χ3v) is 4.62. The van der Waals surface area contributed by atoms with Crippen LogP contribution >= 0.6 is 0 Å². The second kappa shape index (κ2) is 10.7. The summed E-state index contributed by atoms with van der Waals surface area (Å²) in [5.41, 5.74) is 2.10. The lowest BCUT2D eigenvalue weighted by Gasteiger charge is -2.16. The predicted molar refractivity (Wildman–Crippen MR) is 125 cm³/mol. The number of anilines is 2. The Morgan fingerprint density at radius 1 is 0.719 bits per heavy atom. The number of methoxy groups -OCH3 is 3. The Morgan fingerprint density at radius 2 is 1.28 bits per heavy atom. The van der Waals surface area contributed by atoms with E-state index in [4.69, 9.17) is 14.2 Å². The van der Waals surface area contributed by atoms with Crippen molar-refractivity contribution in [3.63, 3.8) is 0 Å². The lowest BCUT2D eigenvalue weighted by atomic mass is 10.1. The van der Waals surface area contributed by atoms with Gasteiger partial charge in [0.1, 0.15) is 17.2 Å². The van der Waals surface area contributed by atoms with E-state index in [1.807, 2.05) is 30.3 Å². The van der Waals surface area contributed by atoms with Crippen molar-refractivity contribution in [2.45, 2.75) is 0 Å². The van der Waals surface area contributed by atoms with Gasteiger partial charge in [-0.25, -0.2) is 0 Å². The number of carbonyl (C=O) groups is 2. The topological polar surface area (TPSA) is 85.9 Å². The highest BCUT2D eigenvalue weighted by Crippen LogP contribution is 2.36. The molecule has 0 aliphatic carbocycles. The number of benzene rings is 3. The van der Waals surface area contributed by atoms with Crippen molar-refractivity contribution in [3.05, 3.63) is 83.9 Å².